The fraction of sp³-hybridized carbons (Fsp3) is 0.375. The number of ether oxygens (including phenoxy) is 3. The van der Waals surface area contributed by atoms with E-state index in [2.05, 4.69) is 36.7 Å². The van der Waals surface area contributed by atoms with Crippen LogP contribution in [0.4, 0.5) is 27.5 Å². The van der Waals surface area contributed by atoms with Gasteiger partial charge in [0.2, 0.25) is 0 Å². The first kappa shape index (κ1) is 30.0. The molecule has 5 rings (SSSR count). The van der Waals surface area contributed by atoms with Crippen molar-refractivity contribution in [2.45, 2.75) is 0 Å². The molecule has 2 heterocycles. The Bertz CT molecular complexity index is 1390. The van der Waals surface area contributed by atoms with Gasteiger partial charge in [-0.3, -0.25) is 9.69 Å². The van der Waals surface area contributed by atoms with Gasteiger partial charge in [0.1, 0.15) is 11.5 Å². The number of nitrogens with zero attached hydrogens (tertiary/aromatic N) is 3. The summed E-state index contributed by atoms with van der Waals surface area (Å²) >= 11 is 0. The van der Waals surface area contributed by atoms with Crippen molar-refractivity contribution in [1.29, 1.82) is 0 Å². The zero-order chi connectivity index (χ0) is 30.0. The number of anilines is 4. The van der Waals surface area contributed by atoms with Gasteiger partial charge < -0.3 is 40.0 Å². The number of benzene rings is 3. The highest BCUT2D eigenvalue weighted by Crippen LogP contribution is 2.31. The van der Waals surface area contributed by atoms with Crippen LogP contribution >= 0.6 is 0 Å². The molecule has 3 N–H and O–H groups in total. The summed E-state index contributed by atoms with van der Waals surface area (Å²) in [5, 5.41) is 8.78. The number of methoxy groups -OCH3 is 2. The number of carbonyl (C=O) groups is 2. The Hall–Kier alpha value is -4.48. The molecule has 0 spiro atoms. The van der Waals surface area contributed by atoms with Crippen LogP contribution in [-0.4, -0.2) is 96.6 Å². The van der Waals surface area contributed by atoms with Crippen molar-refractivity contribution in [3.05, 3.63) is 72.3 Å². The van der Waals surface area contributed by atoms with Crippen LogP contribution in [0.15, 0.2) is 66.7 Å². The standard InChI is InChI=1S/C32H40N6O5/c1-41-26-7-5-6-24(22-26)34-32(40)35-25-10-11-28(27(23-25)31(39)33-12-13-36-18-20-43-21-19-36)37-14-16-38(17-15-37)29-8-3-4-9-30(29)42-2/h3-11,22-23H,12-21H2,1-2H3,(H,33,39)(H2,34,35,40). The van der Waals surface area contributed by atoms with Crippen molar-refractivity contribution < 1.29 is 23.8 Å². The first-order valence-corrected chi connectivity index (χ1v) is 14.6. The molecule has 2 saturated heterocycles. The van der Waals surface area contributed by atoms with Crippen LogP contribution in [0, 0.1) is 0 Å². The third-order valence-corrected chi connectivity index (χ3v) is 7.69. The number of hydrogen-bond acceptors (Lipinski definition) is 8. The minimum atomic E-state index is -0.412. The lowest BCUT2D eigenvalue weighted by Gasteiger charge is -2.38. The van der Waals surface area contributed by atoms with Crippen molar-refractivity contribution in [2.24, 2.45) is 0 Å². The van der Waals surface area contributed by atoms with E-state index in [9.17, 15) is 9.59 Å². The van der Waals surface area contributed by atoms with E-state index in [1.807, 2.05) is 36.4 Å². The van der Waals surface area contributed by atoms with Gasteiger partial charge in [-0.25, -0.2) is 4.79 Å². The molecule has 0 aromatic heterocycles. The maximum Gasteiger partial charge on any atom is 0.323 e. The molecule has 2 aliphatic heterocycles. The average molecular weight is 589 g/mol. The van der Waals surface area contributed by atoms with Gasteiger partial charge in [0.15, 0.2) is 0 Å². The molecular weight excluding hydrogens is 548 g/mol. The summed E-state index contributed by atoms with van der Waals surface area (Å²) in [7, 11) is 3.26. The first-order valence-electron chi connectivity index (χ1n) is 14.6. The summed E-state index contributed by atoms with van der Waals surface area (Å²) in [6.07, 6.45) is 0. The molecular formula is C32H40N6O5. The van der Waals surface area contributed by atoms with Crippen LogP contribution in [0.3, 0.4) is 0 Å². The molecule has 228 valence electrons. The third kappa shape index (κ3) is 7.88. The number of amides is 3. The lowest BCUT2D eigenvalue weighted by molar-refractivity contribution is 0.0383. The molecule has 2 aliphatic rings. The maximum absolute atomic E-state index is 13.6. The second-order valence-corrected chi connectivity index (χ2v) is 10.4. The molecule has 3 amide bonds. The van der Waals surface area contributed by atoms with E-state index in [1.165, 1.54) is 0 Å². The van der Waals surface area contributed by atoms with E-state index in [1.54, 1.807) is 38.5 Å². The van der Waals surface area contributed by atoms with Crippen LogP contribution < -0.4 is 35.2 Å². The predicted octanol–water partition coefficient (Wildman–Crippen LogP) is 3.74. The number of rotatable bonds is 10. The molecule has 0 aliphatic carbocycles. The van der Waals surface area contributed by atoms with Gasteiger partial charge in [0.25, 0.3) is 5.91 Å². The summed E-state index contributed by atoms with van der Waals surface area (Å²) in [4.78, 5) is 33.2. The second-order valence-electron chi connectivity index (χ2n) is 10.4. The first-order chi connectivity index (χ1) is 21.0. The zero-order valence-electron chi connectivity index (χ0n) is 24.8. The number of piperazine rings is 1. The van der Waals surface area contributed by atoms with Crippen LogP contribution in [-0.2, 0) is 4.74 Å². The number of carbonyl (C=O) groups excluding carboxylic acids is 2. The topological polar surface area (TPSA) is 108 Å². The average Bonchev–Trinajstić information content (AvgIpc) is 3.05. The minimum absolute atomic E-state index is 0.174. The predicted molar refractivity (Wildman–Crippen MR) is 169 cm³/mol. The summed E-state index contributed by atoms with van der Waals surface area (Å²) in [6, 6.07) is 20.2. The molecule has 0 bridgehead atoms. The summed E-state index contributed by atoms with van der Waals surface area (Å²) < 4.78 is 16.2. The van der Waals surface area contributed by atoms with Gasteiger partial charge in [0.05, 0.1) is 38.7 Å². The van der Waals surface area contributed by atoms with Gasteiger partial charge in [-0.2, -0.15) is 0 Å². The zero-order valence-corrected chi connectivity index (χ0v) is 24.8. The Morgan fingerprint density at radius 1 is 0.767 bits per heavy atom. The monoisotopic (exact) mass is 588 g/mol. The van der Waals surface area contributed by atoms with Crippen molar-refractivity contribution in [2.75, 3.05) is 100 Å². The molecule has 3 aromatic carbocycles. The van der Waals surface area contributed by atoms with E-state index in [0.29, 0.717) is 42.4 Å². The van der Waals surface area contributed by atoms with E-state index in [4.69, 9.17) is 14.2 Å². The number of nitrogens with one attached hydrogen (secondary N) is 3. The summed E-state index contributed by atoms with van der Waals surface area (Å²) in [6.45, 7) is 7.44. The number of morpholine rings is 1. The number of hydrogen-bond donors (Lipinski definition) is 3. The minimum Gasteiger partial charge on any atom is -0.497 e. The molecule has 11 nitrogen and oxygen atoms in total. The molecule has 0 saturated carbocycles. The number of urea groups is 1. The second kappa shape index (κ2) is 14.6. The summed E-state index contributed by atoms with van der Waals surface area (Å²) in [5.41, 5.74) is 3.54. The highest BCUT2D eigenvalue weighted by molar-refractivity contribution is 6.04. The molecule has 0 radical (unpaired) electrons. The molecule has 2 fully saturated rings. The Morgan fingerprint density at radius 2 is 1.47 bits per heavy atom. The maximum atomic E-state index is 13.6. The normalized spacial score (nSPS) is 15.5. The van der Waals surface area contributed by atoms with Crippen LogP contribution in [0.25, 0.3) is 0 Å². The van der Waals surface area contributed by atoms with Gasteiger partial charge in [-0.1, -0.05) is 18.2 Å². The Kier molecular flexibility index (Phi) is 10.2. The van der Waals surface area contributed by atoms with Gasteiger partial charge in [-0.05, 0) is 42.5 Å². The highest BCUT2D eigenvalue weighted by Gasteiger charge is 2.24. The van der Waals surface area contributed by atoms with Crippen molar-refractivity contribution in [3.63, 3.8) is 0 Å². The smallest absolute Gasteiger partial charge is 0.323 e. The van der Waals surface area contributed by atoms with Gasteiger partial charge >= 0.3 is 6.03 Å². The molecule has 11 heteroatoms. The van der Waals surface area contributed by atoms with E-state index in [0.717, 1.165) is 62.9 Å². The van der Waals surface area contributed by atoms with Gasteiger partial charge in [-0.15, -0.1) is 0 Å². The quantitative estimate of drug-likeness (QED) is 0.329. The van der Waals surface area contributed by atoms with Crippen LogP contribution in [0.5, 0.6) is 11.5 Å². The third-order valence-electron chi connectivity index (χ3n) is 7.69. The van der Waals surface area contributed by atoms with Gasteiger partial charge in [0, 0.05) is 75.5 Å². The molecule has 3 aromatic rings. The molecule has 0 unspecified atom stereocenters. The van der Waals surface area contributed by atoms with Crippen molar-refractivity contribution in [1.82, 2.24) is 10.2 Å². The Balaban J connectivity index is 1.29. The van der Waals surface area contributed by atoms with E-state index in [-0.39, 0.29) is 5.91 Å². The highest BCUT2D eigenvalue weighted by atomic mass is 16.5. The van der Waals surface area contributed by atoms with Crippen molar-refractivity contribution in [3.8, 4) is 11.5 Å². The van der Waals surface area contributed by atoms with Crippen LogP contribution in [0.1, 0.15) is 10.4 Å². The molecule has 0 atom stereocenters. The van der Waals surface area contributed by atoms with Crippen molar-refractivity contribution >= 4 is 34.7 Å². The van der Waals surface area contributed by atoms with E-state index >= 15 is 0 Å². The fourth-order valence-electron chi connectivity index (χ4n) is 5.39. The fourth-order valence-corrected chi connectivity index (χ4v) is 5.39. The van der Waals surface area contributed by atoms with E-state index < -0.39 is 6.03 Å². The van der Waals surface area contributed by atoms with Crippen LogP contribution in [0.2, 0.25) is 0 Å². The molecule has 43 heavy (non-hydrogen) atoms. The summed E-state index contributed by atoms with van der Waals surface area (Å²) in [5.74, 6) is 1.32. The lowest BCUT2D eigenvalue weighted by Crippen LogP contribution is -2.47. The number of para-hydroxylation sites is 2. The lowest BCUT2D eigenvalue weighted by atomic mass is 10.1. The Labute approximate surface area is 252 Å². The largest absolute Gasteiger partial charge is 0.497 e. The Morgan fingerprint density at radius 3 is 2.19 bits per heavy atom. The SMILES string of the molecule is COc1cccc(NC(=O)Nc2ccc(N3CCN(c4ccccc4OC)CC3)c(C(=O)NCCN3CCOCC3)c2)c1.